The van der Waals surface area contributed by atoms with E-state index in [0.717, 1.165) is 54.2 Å². The van der Waals surface area contributed by atoms with Crippen LogP contribution >= 0.6 is 11.8 Å². The first-order chi connectivity index (χ1) is 12.2. The minimum absolute atomic E-state index is 0.839. The topological polar surface area (TPSA) is 62.5 Å². The maximum atomic E-state index is 4.74. The molecular weight excluding hydrogens is 334 g/mol. The number of hydrogen-bond acceptors (Lipinski definition) is 7. The standard InChI is InChI=1S/C17H21N7S/c1-12-13(2)20-17(25-3)21-15(12)22-8-10-23(11-9-22)16-14-4-5-19-24(14)7-6-18-16/h4-7H,8-11H2,1-3H3. The SMILES string of the molecule is CSc1nc(C)c(C)c(N2CCN(c3nccn4nccc34)CC2)n1. The van der Waals surface area contributed by atoms with Gasteiger partial charge in [0.25, 0.3) is 0 Å². The molecule has 0 atom stereocenters. The zero-order valence-corrected chi connectivity index (χ0v) is 15.5. The smallest absolute Gasteiger partial charge is 0.189 e. The summed E-state index contributed by atoms with van der Waals surface area (Å²) in [6, 6.07) is 2.01. The van der Waals surface area contributed by atoms with E-state index in [1.54, 1.807) is 11.8 Å². The molecule has 8 heteroatoms. The van der Waals surface area contributed by atoms with Gasteiger partial charge < -0.3 is 9.80 Å². The van der Waals surface area contributed by atoms with Crippen molar-refractivity contribution in [2.75, 3.05) is 42.2 Å². The highest BCUT2D eigenvalue weighted by Gasteiger charge is 2.23. The van der Waals surface area contributed by atoms with Crippen LogP contribution < -0.4 is 9.80 Å². The minimum atomic E-state index is 0.839. The highest BCUT2D eigenvalue weighted by molar-refractivity contribution is 7.98. The van der Waals surface area contributed by atoms with Crippen molar-refractivity contribution in [3.63, 3.8) is 0 Å². The van der Waals surface area contributed by atoms with Crippen molar-refractivity contribution in [3.05, 3.63) is 35.9 Å². The predicted molar refractivity (Wildman–Crippen MR) is 101 cm³/mol. The molecule has 0 bridgehead atoms. The van der Waals surface area contributed by atoms with Crippen molar-refractivity contribution in [1.29, 1.82) is 0 Å². The zero-order valence-electron chi connectivity index (χ0n) is 14.7. The Labute approximate surface area is 151 Å². The van der Waals surface area contributed by atoms with Gasteiger partial charge in [-0.05, 0) is 26.2 Å². The third-order valence-corrected chi connectivity index (χ3v) is 5.26. The van der Waals surface area contributed by atoms with Crippen molar-refractivity contribution in [3.8, 4) is 0 Å². The molecule has 0 N–H and O–H groups in total. The third kappa shape index (κ3) is 2.90. The van der Waals surface area contributed by atoms with Gasteiger partial charge in [-0.15, -0.1) is 0 Å². The lowest BCUT2D eigenvalue weighted by Gasteiger charge is -2.37. The van der Waals surface area contributed by atoms with Gasteiger partial charge in [0, 0.05) is 49.8 Å². The molecule has 25 heavy (non-hydrogen) atoms. The number of aromatic nitrogens is 5. The highest BCUT2D eigenvalue weighted by atomic mass is 32.2. The Hall–Kier alpha value is -2.35. The molecule has 4 heterocycles. The second kappa shape index (κ2) is 6.51. The fraction of sp³-hybridized carbons (Fsp3) is 0.412. The van der Waals surface area contributed by atoms with Crippen LogP contribution in [0.5, 0.6) is 0 Å². The maximum absolute atomic E-state index is 4.74. The van der Waals surface area contributed by atoms with Gasteiger partial charge in [0.15, 0.2) is 11.0 Å². The monoisotopic (exact) mass is 355 g/mol. The number of anilines is 2. The van der Waals surface area contributed by atoms with Crippen LogP contribution in [0.4, 0.5) is 11.6 Å². The van der Waals surface area contributed by atoms with Gasteiger partial charge in [-0.2, -0.15) is 5.10 Å². The molecule has 130 valence electrons. The van der Waals surface area contributed by atoms with Gasteiger partial charge in [-0.1, -0.05) is 11.8 Å². The first-order valence-corrected chi connectivity index (χ1v) is 9.57. The molecule has 0 unspecified atom stereocenters. The summed E-state index contributed by atoms with van der Waals surface area (Å²) >= 11 is 1.59. The summed E-state index contributed by atoms with van der Waals surface area (Å²) in [5.41, 5.74) is 3.28. The molecule has 1 saturated heterocycles. The van der Waals surface area contributed by atoms with Crippen LogP contribution in [0.1, 0.15) is 11.3 Å². The van der Waals surface area contributed by atoms with Crippen molar-refractivity contribution in [2.45, 2.75) is 19.0 Å². The van der Waals surface area contributed by atoms with Gasteiger partial charge in [0.1, 0.15) is 11.3 Å². The highest BCUT2D eigenvalue weighted by Crippen LogP contribution is 2.26. The summed E-state index contributed by atoms with van der Waals surface area (Å²) in [5, 5.41) is 5.14. The fourth-order valence-corrected chi connectivity index (χ4v) is 3.61. The maximum Gasteiger partial charge on any atom is 0.189 e. The van der Waals surface area contributed by atoms with Crippen LogP contribution in [0.3, 0.4) is 0 Å². The van der Waals surface area contributed by atoms with Gasteiger partial charge >= 0.3 is 0 Å². The number of nitrogens with zero attached hydrogens (tertiary/aromatic N) is 7. The second-order valence-corrected chi connectivity index (χ2v) is 6.90. The summed E-state index contributed by atoms with van der Waals surface area (Å²) in [6.07, 6.45) is 7.52. The Kier molecular flexibility index (Phi) is 4.20. The average Bonchev–Trinajstić information content (AvgIpc) is 3.13. The number of piperazine rings is 1. The average molecular weight is 355 g/mol. The van der Waals surface area contributed by atoms with Crippen LogP contribution in [0.15, 0.2) is 29.8 Å². The summed E-state index contributed by atoms with van der Waals surface area (Å²) in [5.74, 6) is 2.06. The van der Waals surface area contributed by atoms with Gasteiger partial charge in [0.2, 0.25) is 0 Å². The van der Waals surface area contributed by atoms with E-state index in [9.17, 15) is 0 Å². The molecule has 0 aliphatic carbocycles. The van der Waals surface area contributed by atoms with E-state index >= 15 is 0 Å². The lowest BCUT2D eigenvalue weighted by atomic mass is 10.2. The molecule has 1 fully saturated rings. The van der Waals surface area contributed by atoms with Gasteiger partial charge in [0.05, 0.1) is 6.20 Å². The quantitative estimate of drug-likeness (QED) is 0.527. The van der Waals surface area contributed by atoms with E-state index in [0.29, 0.717) is 0 Å². The van der Waals surface area contributed by atoms with Crippen molar-refractivity contribution >= 4 is 28.9 Å². The fourth-order valence-electron chi connectivity index (χ4n) is 3.20. The lowest BCUT2D eigenvalue weighted by molar-refractivity contribution is 0.635. The van der Waals surface area contributed by atoms with E-state index < -0.39 is 0 Å². The van der Waals surface area contributed by atoms with Crippen LogP contribution in [-0.4, -0.2) is 57.0 Å². The molecule has 3 aromatic rings. The second-order valence-electron chi connectivity index (χ2n) is 6.13. The molecular formula is C17H21N7S. The number of thioether (sulfide) groups is 1. The Morgan fingerprint density at radius 2 is 1.68 bits per heavy atom. The number of hydrogen-bond donors (Lipinski definition) is 0. The molecule has 3 aromatic heterocycles. The first kappa shape index (κ1) is 16.1. The predicted octanol–water partition coefficient (Wildman–Crippen LogP) is 2.18. The summed E-state index contributed by atoms with van der Waals surface area (Å²) in [7, 11) is 0. The van der Waals surface area contributed by atoms with Crippen LogP contribution in [0.25, 0.3) is 5.52 Å². The number of rotatable bonds is 3. The molecule has 0 aromatic carbocycles. The Morgan fingerprint density at radius 1 is 0.960 bits per heavy atom. The summed E-state index contributed by atoms with van der Waals surface area (Å²) < 4.78 is 1.87. The van der Waals surface area contributed by atoms with E-state index in [4.69, 9.17) is 4.98 Å². The van der Waals surface area contributed by atoms with E-state index in [2.05, 4.69) is 38.7 Å². The normalized spacial score (nSPS) is 15.2. The number of aryl methyl sites for hydroxylation is 1. The Morgan fingerprint density at radius 3 is 2.40 bits per heavy atom. The minimum Gasteiger partial charge on any atom is -0.353 e. The first-order valence-electron chi connectivity index (χ1n) is 8.35. The summed E-state index contributed by atoms with van der Waals surface area (Å²) in [6.45, 7) is 7.82. The van der Waals surface area contributed by atoms with Gasteiger partial charge in [-0.3, -0.25) is 0 Å². The van der Waals surface area contributed by atoms with Crippen molar-refractivity contribution < 1.29 is 0 Å². The van der Waals surface area contributed by atoms with E-state index in [1.807, 2.05) is 35.4 Å². The molecule has 0 spiro atoms. The zero-order chi connectivity index (χ0) is 17.4. The lowest BCUT2D eigenvalue weighted by Crippen LogP contribution is -2.47. The molecule has 1 aliphatic rings. The van der Waals surface area contributed by atoms with E-state index in [-0.39, 0.29) is 0 Å². The van der Waals surface area contributed by atoms with Crippen molar-refractivity contribution in [2.24, 2.45) is 0 Å². The largest absolute Gasteiger partial charge is 0.353 e. The van der Waals surface area contributed by atoms with Crippen LogP contribution in [-0.2, 0) is 0 Å². The van der Waals surface area contributed by atoms with Crippen LogP contribution in [0, 0.1) is 13.8 Å². The van der Waals surface area contributed by atoms with Gasteiger partial charge in [-0.25, -0.2) is 19.5 Å². The Bertz CT molecular complexity index is 899. The summed E-state index contributed by atoms with van der Waals surface area (Å²) in [4.78, 5) is 18.5. The molecule has 0 radical (unpaired) electrons. The van der Waals surface area contributed by atoms with Crippen LogP contribution in [0.2, 0.25) is 0 Å². The Balaban J connectivity index is 1.56. The van der Waals surface area contributed by atoms with Crippen molar-refractivity contribution in [1.82, 2.24) is 24.6 Å². The molecule has 1 aliphatic heterocycles. The third-order valence-electron chi connectivity index (χ3n) is 4.71. The molecule has 4 rings (SSSR count). The number of fused-ring (bicyclic) bond motifs is 1. The molecule has 0 amide bonds. The molecule has 7 nitrogen and oxygen atoms in total. The molecule has 0 saturated carbocycles. The van der Waals surface area contributed by atoms with E-state index in [1.165, 1.54) is 5.56 Å².